The molecule has 0 aliphatic carbocycles. The van der Waals surface area contributed by atoms with Crippen molar-refractivity contribution in [2.45, 2.75) is 17.7 Å². The Bertz CT molecular complexity index is 641. The number of anilines is 1. The number of benzene rings is 1. The Morgan fingerprint density at radius 3 is 2.67 bits per heavy atom. The monoisotopic (exact) mass is 322 g/mol. The average Bonchev–Trinajstić information content (AvgIpc) is 2.81. The molecule has 0 spiro atoms. The fourth-order valence-electron chi connectivity index (χ4n) is 1.61. The molecule has 2 N–H and O–H groups in total. The zero-order chi connectivity index (χ0) is 15.2. The van der Waals surface area contributed by atoms with Crippen LogP contribution in [0.1, 0.15) is 21.8 Å². The van der Waals surface area contributed by atoms with Gasteiger partial charge in [-0.1, -0.05) is 30.0 Å². The van der Waals surface area contributed by atoms with E-state index in [2.05, 4.69) is 10.3 Å². The van der Waals surface area contributed by atoms with Crippen molar-refractivity contribution in [3.05, 3.63) is 40.9 Å². The van der Waals surface area contributed by atoms with Crippen molar-refractivity contribution in [2.75, 3.05) is 11.1 Å². The molecule has 0 radical (unpaired) electrons. The molecule has 1 aromatic heterocycles. The first-order valence-electron chi connectivity index (χ1n) is 6.24. The lowest BCUT2D eigenvalue weighted by atomic mass is 10.3. The third-order valence-corrected chi connectivity index (χ3v) is 4.87. The Morgan fingerprint density at radius 1 is 1.33 bits per heavy atom. The number of carbonyl (C=O) groups is 2. The van der Waals surface area contributed by atoms with E-state index in [0.29, 0.717) is 22.2 Å². The molecule has 0 atom stereocenters. The highest BCUT2D eigenvalue weighted by Gasteiger charge is 2.14. The van der Waals surface area contributed by atoms with Gasteiger partial charge in [-0.25, -0.2) is 9.78 Å². The fraction of sp³-hybridized carbons (Fsp3) is 0.214. The summed E-state index contributed by atoms with van der Waals surface area (Å²) in [5.41, 5.74) is 1.29. The van der Waals surface area contributed by atoms with Crippen LogP contribution < -0.4 is 5.32 Å². The molecule has 0 fully saturated rings. The van der Waals surface area contributed by atoms with Crippen LogP contribution in [0.4, 0.5) is 5.69 Å². The van der Waals surface area contributed by atoms with Crippen LogP contribution in [-0.2, 0) is 4.79 Å². The fourth-order valence-corrected chi connectivity index (χ4v) is 3.64. The second-order valence-electron chi connectivity index (χ2n) is 4.21. The number of nitrogens with one attached hydrogen (secondary N) is 1. The molecule has 5 nitrogen and oxygen atoms in total. The predicted molar refractivity (Wildman–Crippen MR) is 84.2 cm³/mol. The number of aromatic nitrogens is 1. The number of carbonyl (C=O) groups excluding carboxylic acids is 1. The molecular formula is C14H14N2O3S2. The Labute approximate surface area is 130 Å². The maximum Gasteiger partial charge on any atom is 0.347 e. The summed E-state index contributed by atoms with van der Waals surface area (Å²) in [7, 11) is 0. The van der Waals surface area contributed by atoms with Gasteiger partial charge in [0.2, 0.25) is 5.91 Å². The number of hydrogen-bond donors (Lipinski definition) is 2. The number of aromatic carboxylic acids is 1. The summed E-state index contributed by atoms with van der Waals surface area (Å²) in [6, 6.07) is 9.26. The van der Waals surface area contributed by atoms with Gasteiger partial charge in [0.25, 0.3) is 0 Å². The standard InChI is InChI=1S/C14H14N2O3S2/c1-9-12(13(18)19)21-14(15-9)20-8-7-11(17)16-10-5-3-2-4-6-10/h2-6H,7-8H2,1H3,(H,16,17)(H,18,19). The zero-order valence-electron chi connectivity index (χ0n) is 11.3. The van der Waals surface area contributed by atoms with E-state index < -0.39 is 5.97 Å². The minimum atomic E-state index is -0.960. The first kappa shape index (κ1) is 15.5. The van der Waals surface area contributed by atoms with Gasteiger partial charge in [-0.15, -0.1) is 11.3 Å². The third kappa shape index (κ3) is 4.57. The van der Waals surface area contributed by atoms with E-state index in [1.54, 1.807) is 6.92 Å². The minimum absolute atomic E-state index is 0.0690. The molecule has 1 heterocycles. The lowest BCUT2D eigenvalue weighted by Crippen LogP contribution is -2.11. The average molecular weight is 322 g/mol. The molecule has 1 amide bonds. The highest BCUT2D eigenvalue weighted by atomic mass is 32.2. The summed E-state index contributed by atoms with van der Waals surface area (Å²) in [4.78, 5) is 27.1. The van der Waals surface area contributed by atoms with Crippen molar-refractivity contribution in [1.82, 2.24) is 4.98 Å². The van der Waals surface area contributed by atoms with Crippen LogP contribution in [0.5, 0.6) is 0 Å². The second-order valence-corrected chi connectivity index (χ2v) is 6.55. The highest BCUT2D eigenvalue weighted by molar-refractivity contribution is 8.01. The third-order valence-electron chi connectivity index (χ3n) is 2.58. The van der Waals surface area contributed by atoms with Crippen LogP contribution in [0, 0.1) is 6.92 Å². The van der Waals surface area contributed by atoms with Crippen LogP contribution in [-0.4, -0.2) is 27.7 Å². The Balaban J connectivity index is 1.80. The number of carboxylic acid groups (broad SMARTS) is 1. The first-order valence-corrected chi connectivity index (χ1v) is 8.05. The van der Waals surface area contributed by atoms with Crippen LogP contribution in [0.3, 0.4) is 0 Å². The van der Waals surface area contributed by atoms with Crippen molar-refractivity contribution in [3.63, 3.8) is 0 Å². The van der Waals surface area contributed by atoms with E-state index in [4.69, 9.17) is 5.11 Å². The number of carboxylic acids is 1. The second kappa shape index (κ2) is 7.24. The van der Waals surface area contributed by atoms with Gasteiger partial charge in [0, 0.05) is 17.9 Å². The molecule has 2 rings (SSSR count). The summed E-state index contributed by atoms with van der Waals surface area (Å²) in [6.45, 7) is 1.67. The molecule has 1 aromatic carbocycles. The van der Waals surface area contributed by atoms with E-state index >= 15 is 0 Å². The number of para-hydroxylation sites is 1. The predicted octanol–water partition coefficient (Wildman–Crippen LogP) is 3.27. The molecule has 0 aliphatic rings. The Kier molecular flexibility index (Phi) is 5.35. The van der Waals surface area contributed by atoms with Gasteiger partial charge in [-0.2, -0.15) is 0 Å². The van der Waals surface area contributed by atoms with E-state index in [-0.39, 0.29) is 10.8 Å². The van der Waals surface area contributed by atoms with Crippen molar-refractivity contribution in [3.8, 4) is 0 Å². The number of thiazole rings is 1. The lowest BCUT2D eigenvalue weighted by Gasteiger charge is -2.03. The highest BCUT2D eigenvalue weighted by Crippen LogP contribution is 2.27. The van der Waals surface area contributed by atoms with Crippen LogP contribution in [0.25, 0.3) is 0 Å². The molecule has 0 unspecified atom stereocenters. The molecule has 7 heteroatoms. The Hall–Kier alpha value is -1.86. The van der Waals surface area contributed by atoms with E-state index in [0.717, 1.165) is 17.0 Å². The van der Waals surface area contributed by atoms with Gasteiger partial charge in [0.15, 0.2) is 4.34 Å². The van der Waals surface area contributed by atoms with Crippen LogP contribution in [0.15, 0.2) is 34.7 Å². The first-order chi connectivity index (χ1) is 10.1. The molecule has 2 aromatic rings. The zero-order valence-corrected chi connectivity index (χ0v) is 13.0. The van der Waals surface area contributed by atoms with Gasteiger partial charge < -0.3 is 10.4 Å². The maximum absolute atomic E-state index is 11.7. The molecule has 110 valence electrons. The van der Waals surface area contributed by atoms with Crippen LogP contribution >= 0.6 is 23.1 Å². The molecule has 21 heavy (non-hydrogen) atoms. The summed E-state index contributed by atoms with van der Waals surface area (Å²) in [5, 5.41) is 11.8. The van der Waals surface area contributed by atoms with E-state index in [1.165, 1.54) is 11.8 Å². The van der Waals surface area contributed by atoms with Gasteiger partial charge in [-0.05, 0) is 19.1 Å². The summed E-state index contributed by atoms with van der Waals surface area (Å²) >= 11 is 2.54. The van der Waals surface area contributed by atoms with Gasteiger partial charge in [0.1, 0.15) is 4.88 Å². The van der Waals surface area contributed by atoms with Crippen molar-refractivity contribution in [1.29, 1.82) is 0 Å². The Morgan fingerprint density at radius 2 is 2.05 bits per heavy atom. The SMILES string of the molecule is Cc1nc(SCCC(=O)Nc2ccccc2)sc1C(=O)O. The lowest BCUT2D eigenvalue weighted by molar-refractivity contribution is -0.115. The quantitative estimate of drug-likeness (QED) is 0.798. The normalized spacial score (nSPS) is 10.3. The van der Waals surface area contributed by atoms with Crippen molar-refractivity contribution < 1.29 is 14.7 Å². The topological polar surface area (TPSA) is 79.3 Å². The number of nitrogens with zero attached hydrogens (tertiary/aromatic N) is 1. The number of thioether (sulfide) groups is 1. The number of hydrogen-bond acceptors (Lipinski definition) is 5. The maximum atomic E-state index is 11.7. The minimum Gasteiger partial charge on any atom is -0.477 e. The smallest absolute Gasteiger partial charge is 0.347 e. The van der Waals surface area contributed by atoms with Gasteiger partial charge in [-0.3, -0.25) is 4.79 Å². The van der Waals surface area contributed by atoms with E-state index in [1.807, 2.05) is 30.3 Å². The molecular weight excluding hydrogens is 308 g/mol. The number of rotatable bonds is 6. The summed E-state index contributed by atoms with van der Waals surface area (Å²) in [5.74, 6) is -0.468. The molecule has 0 saturated carbocycles. The van der Waals surface area contributed by atoms with Gasteiger partial charge >= 0.3 is 5.97 Å². The van der Waals surface area contributed by atoms with E-state index in [9.17, 15) is 9.59 Å². The summed E-state index contributed by atoms with van der Waals surface area (Å²) in [6.07, 6.45) is 0.348. The molecule has 0 bridgehead atoms. The van der Waals surface area contributed by atoms with Gasteiger partial charge in [0.05, 0.1) is 5.69 Å². The van der Waals surface area contributed by atoms with Crippen molar-refractivity contribution in [2.24, 2.45) is 0 Å². The van der Waals surface area contributed by atoms with Crippen LogP contribution in [0.2, 0.25) is 0 Å². The number of amides is 1. The number of aryl methyl sites for hydroxylation is 1. The molecule has 0 aliphatic heterocycles. The van der Waals surface area contributed by atoms with Crippen molar-refractivity contribution >= 4 is 40.7 Å². The molecule has 0 saturated heterocycles. The summed E-state index contributed by atoms with van der Waals surface area (Å²) < 4.78 is 0.678. The largest absolute Gasteiger partial charge is 0.477 e.